The molecule has 1 rings (SSSR count). The highest BCUT2D eigenvalue weighted by Gasteiger charge is 2.25. The van der Waals surface area contributed by atoms with Crippen molar-refractivity contribution in [3.8, 4) is 0 Å². The lowest BCUT2D eigenvalue weighted by molar-refractivity contribution is -0.133. The van der Waals surface area contributed by atoms with E-state index in [1.165, 1.54) is 12.8 Å². The zero-order chi connectivity index (χ0) is 12.8. The Balaban J connectivity index is 2.49. The van der Waals surface area contributed by atoms with E-state index in [1.807, 2.05) is 20.9 Å². The number of likely N-dealkylation sites (N-methyl/N-ethyl adjacent to an activating group) is 1. The first-order valence-corrected chi connectivity index (χ1v) is 6.66. The van der Waals surface area contributed by atoms with Crippen LogP contribution in [0, 0.1) is 0 Å². The van der Waals surface area contributed by atoms with Crippen LogP contribution in [0.5, 0.6) is 0 Å². The van der Waals surface area contributed by atoms with Gasteiger partial charge >= 0.3 is 0 Å². The first kappa shape index (κ1) is 14.5. The summed E-state index contributed by atoms with van der Waals surface area (Å²) >= 11 is 0. The van der Waals surface area contributed by atoms with Crippen molar-refractivity contribution in [1.29, 1.82) is 0 Å². The third-order valence-electron chi connectivity index (χ3n) is 3.72. The molecule has 1 heterocycles. The molecule has 0 aromatic rings. The van der Waals surface area contributed by atoms with Crippen molar-refractivity contribution < 1.29 is 9.90 Å². The van der Waals surface area contributed by atoms with Crippen molar-refractivity contribution in [2.45, 2.75) is 51.6 Å². The van der Waals surface area contributed by atoms with Crippen LogP contribution in [0.1, 0.15) is 39.5 Å². The summed E-state index contributed by atoms with van der Waals surface area (Å²) in [5.74, 6) is 0.185. The summed E-state index contributed by atoms with van der Waals surface area (Å²) in [6.45, 7) is 5.76. The SMILES string of the molecule is CC(C)N(C)C(=O)CN1CCCCC1CCO. The average Bonchev–Trinajstić information content (AvgIpc) is 2.30. The van der Waals surface area contributed by atoms with Crippen LogP contribution in [0.3, 0.4) is 0 Å². The largest absolute Gasteiger partial charge is 0.396 e. The average molecular weight is 242 g/mol. The second kappa shape index (κ2) is 6.97. The molecule has 0 aliphatic carbocycles. The number of hydrogen-bond donors (Lipinski definition) is 1. The number of hydrogen-bond acceptors (Lipinski definition) is 3. The topological polar surface area (TPSA) is 43.8 Å². The number of carbonyl (C=O) groups excluding carboxylic acids is 1. The van der Waals surface area contributed by atoms with Crippen LogP contribution in [0.2, 0.25) is 0 Å². The van der Waals surface area contributed by atoms with Gasteiger partial charge < -0.3 is 10.0 Å². The smallest absolute Gasteiger partial charge is 0.236 e. The molecule has 1 fully saturated rings. The Morgan fingerprint density at radius 2 is 2.18 bits per heavy atom. The standard InChI is InChI=1S/C13H26N2O2/c1-11(2)14(3)13(17)10-15-8-5-4-6-12(15)7-9-16/h11-12,16H,4-10H2,1-3H3. The lowest BCUT2D eigenvalue weighted by atomic mass is 9.99. The van der Waals surface area contributed by atoms with Gasteiger partial charge in [-0.15, -0.1) is 0 Å². The number of amides is 1. The molecule has 1 unspecified atom stereocenters. The van der Waals surface area contributed by atoms with E-state index in [1.54, 1.807) is 4.90 Å². The summed E-state index contributed by atoms with van der Waals surface area (Å²) in [5.41, 5.74) is 0. The van der Waals surface area contributed by atoms with Gasteiger partial charge in [0.15, 0.2) is 0 Å². The van der Waals surface area contributed by atoms with Gasteiger partial charge in [-0.2, -0.15) is 0 Å². The van der Waals surface area contributed by atoms with Gasteiger partial charge in [-0.1, -0.05) is 6.42 Å². The van der Waals surface area contributed by atoms with Gasteiger partial charge in [-0.05, 0) is 39.7 Å². The van der Waals surface area contributed by atoms with E-state index < -0.39 is 0 Å². The van der Waals surface area contributed by atoms with Crippen molar-refractivity contribution in [3.05, 3.63) is 0 Å². The molecule has 1 N–H and O–H groups in total. The Morgan fingerprint density at radius 1 is 1.47 bits per heavy atom. The maximum absolute atomic E-state index is 12.0. The lowest BCUT2D eigenvalue weighted by Gasteiger charge is -2.36. The maximum atomic E-state index is 12.0. The summed E-state index contributed by atoms with van der Waals surface area (Å²) in [6.07, 6.45) is 4.29. The zero-order valence-electron chi connectivity index (χ0n) is 11.4. The summed E-state index contributed by atoms with van der Waals surface area (Å²) in [4.78, 5) is 16.1. The number of rotatable bonds is 5. The fraction of sp³-hybridized carbons (Fsp3) is 0.923. The van der Waals surface area contributed by atoms with E-state index in [9.17, 15) is 4.79 Å². The highest BCUT2D eigenvalue weighted by molar-refractivity contribution is 5.78. The lowest BCUT2D eigenvalue weighted by Crippen LogP contribution is -2.47. The van der Waals surface area contributed by atoms with Crippen molar-refractivity contribution in [3.63, 3.8) is 0 Å². The number of nitrogens with zero attached hydrogens (tertiary/aromatic N) is 2. The summed E-state index contributed by atoms with van der Waals surface area (Å²) < 4.78 is 0. The quantitative estimate of drug-likeness (QED) is 0.785. The molecule has 0 radical (unpaired) electrons. The fourth-order valence-electron chi connectivity index (χ4n) is 2.32. The summed E-state index contributed by atoms with van der Waals surface area (Å²) in [6, 6.07) is 0.641. The highest BCUT2D eigenvalue weighted by atomic mass is 16.3. The van der Waals surface area contributed by atoms with Crippen molar-refractivity contribution in [2.24, 2.45) is 0 Å². The van der Waals surface area contributed by atoms with Gasteiger partial charge in [0.1, 0.15) is 0 Å². The highest BCUT2D eigenvalue weighted by Crippen LogP contribution is 2.19. The first-order chi connectivity index (χ1) is 8.06. The Kier molecular flexibility index (Phi) is 5.92. The predicted molar refractivity (Wildman–Crippen MR) is 68.8 cm³/mol. The number of piperidine rings is 1. The molecular weight excluding hydrogens is 216 g/mol. The van der Waals surface area contributed by atoms with Crippen molar-refractivity contribution in [2.75, 3.05) is 26.7 Å². The molecule has 1 atom stereocenters. The van der Waals surface area contributed by atoms with Gasteiger partial charge in [-0.3, -0.25) is 9.69 Å². The first-order valence-electron chi connectivity index (χ1n) is 6.66. The molecule has 0 saturated carbocycles. The molecule has 1 aliphatic heterocycles. The van der Waals surface area contributed by atoms with Crippen LogP contribution in [0.25, 0.3) is 0 Å². The maximum Gasteiger partial charge on any atom is 0.236 e. The van der Waals surface area contributed by atoms with Gasteiger partial charge in [0.25, 0.3) is 0 Å². The summed E-state index contributed by atoms with van der Waals surface area (Å²) in [5, 5.41) is 9.05. The van der Waals surface area contributed by atoms with E-state index in [4.69, 9.17) is 5.11 Å². The second-order valence-corrected chi connectivity index (χ2v) is 5.23. The molecule has 0 aromatic carbocycles. The third-order valence-corrected chi connectivity index (χ3v) is 3.72. The molecule has 17 heavy (non-hydrogen) atoms. The number of likely N-dealkylation sites (tertiary alicyclic amines) is 1. The minimum Gasteiger partial charge on any atom is -0.396 e. The zero-order valence-corrected chi connectivity index (χ0v) is 11.4. The molecule has 1 aliphatic rings. The van der Waals surface area contributed by atoms with Gasteiger partial charge in [0, 0.05) is 25.7 Å². The monoisotopic (exact) mass is 242 g/mol. The minimum atomic E-state index is 0.185. The normalized spacial score (nSPS) is 21.8. The van der Waals surface area contributed by atoms with Crippen molar-refractivity contribution in [1.82, 2.24) is 9.80 Å². The van der Waals surface area contributed by atoms with E-state index >= 15 is 0 Å². The Hall–Kier alpha value is -0.610. The van der Waals surface area contributed by atoms with Crippen LogP contribution in [-0.4, -0.2) is 59.6 Å². The molecule has 0 aromatic heterocycles. The number of aliphatic hydroxyl groups excluding tert-OH is 1. The Morgan fingerprint density at radius 3 is 2.76 bits per heavy atom. The summed E-state index contributed by atoms with van der Waals surface area (Å²) in [7, 11) is 1.86. The molecule has 4 nitrogen and oxygen atoms in total. The molecule has 0 bridgehead atoms. The van der Waals surface area contributed by atoms with E-state index in [-0.39, 0.29) is 18.6 Å². The molecule has 100 valence electrons. The fourth-order valence-corrected chi connectivity index (χ4v) is 2.32. The van der Waals surface area contributed by atoms with Crippen LogP contribution in [0.15, 0.2) is 0 Å². The van der Waals surface area contributed by atoms with E-state index in [0.29, 0.717) is 12.6 Å². The third kappa shape index (κ3) is 4.28. The Bertz CT molecular complexity index is 242. The molecule has 4 heteroatoms. The van der Waals surface area contributed by atoms with Gasteiger partial charge in [-0.25, -0.2) is 0 Å². The van der Waals surface area contributed by atoms with Crippen LogP contribution >= 0.6 is 0 Å². The molecule has 1 saturated heterocycles. The van der Waals surface area contributed by atoms with Crippen LogP contribution in [-0.2, 0) is 4.79 Å². The van der Waals surface area contributed by atoms with Gasteiger partial charge in [0.05, 0.1) is 6.54 Å². The van der Waals surface area contributed by atoms with Crippen LogP contribution in [0.4, 0.5) is 0 Å². The number of aliphatic hydroxyl groups is 1. The second-order valence-electron chi connectivity index (χ2n) is 5.23. The van der Waals surface area contributed by atoms with Crippen LogP contribution < -0.4 is 0 Å². The minimum absolute atomic E-state index is 0.185. The van der Waals surface area contributed by atoms with E-state index in [2.05, 4.69) is 4.90 Å². The predicted octanol–water partition coefficient (Wildman–Crippen LogP) is 1.09. The Labute approximate surface area is 105 Å². The van der Waals surface area contributed by atoms with Crippen molar-refractivity contribution >= 4 is 5.91 Å². The molecule has 1 amide bonds. The van der Waals surface area contributed by atoms with E-state index in [0.717, 1.165) is 19.4 Å². The number of carbonyl (C=O) groups is 1. The van der Waals surface area contributed by atoms with Gasteiger partial charge in [0.2, 0.25) is 5.91 Å². The molecular formula is C13H26N2O2. The molecule has 0 spiro atoms.